The Balaban J connectivity index is 1.54. The van der Waals surface area contributed by atoms with E-state index >= 15 is 0 Å². The lowest BCUT2D eigenvalue weighted by Crippen LogP contribution is -2.41. The molecule has 0 spiro atoms. The maximum Gasteiger partial charge on any atom is 0.338 e. The predicted octanol–water partition coefficient (Wildman–Crippen LogP) is 6.32. The van der Waals surface area contributed by atoms with Crippen molar-refractivity contribution in [3.63, 3.8) is 0 Å². The molecule has 1 fully saturated rings. The lowest BCUT2D eigenvalue weighted by atomic mass is 9.95. The van der Waals surface area contributed by atoms with Gasteiger partial charge in [-0.1, -0.05) is 12.1 Å². The van der Waals surface area contributed by atoms with Crippen LogP contribution in [0, 0.1) is 18.7 Å². The normalized spacial score (nSPS) is 15.6. The van der Waals surface area contributed by atoms with E-state index in [2.05, 4.69) is 16.4 Å². The van der Waals surface area contributed by atoms with Crippen molar-refractivity contribution in [3.8, 4) is 0 Å². The second kappa shape index (κ2) is 10.5. The van der Waals surface area contributed by atoms with Crippen LogP contribution < -0.4 is 0 Å². The van der Waals surface area contributed by atoms with Crippen molar-refractivity contribution in [2.45, 2.75) is 59.2 Å². The number of carbonyl (C=O) groups excluding carboxylic acids is 1. The summed E-state index contributed by atoms with van der Waals surface area (Å²) in [6.07, 6.45) is 2.72. The zero-order valence-corrected chi connectivity index (χ0v) is 21.2. The molecule has 0 saturated carbocycles. The van der Waals surface area contributed by atoms with Crippen LogP contribution in [0.25, 0.3) is 10.9 Å². The van der Waals surface area contributed by atoms with Gasteiger partial charge in [0.25, 0.3) is 0 Å². The molecule has 0 radical (unpaired) electrons. The molecule has 1 aromatic heterocycles. The minimum atomic E-state index is -1.17. The largest absolute Gasteiger partial charge is 0.462 e. The summed E-state index contributed by atoms with van der Waals surface area (Å²) in [5.74, 6) is -0.0595. The molecule has 0 atom stereocenters. The summed E-state index contributed by atoms with van der Waals surface area (Å²) in [4.78, 5) is 14.2. The fourth-order valence-electron chi connectivity index (χ4n) is 5.28. The molecule has 2 heterocycles. The van der Waals surface area contributed by atoms with Crippen LogP contribution in [0.15, 0.2) is 42.5 Å². The molecule has 35 heavy (non-hydrogen) atoms. The average molecular weight is 483 g/mol. The van der Waals surface area contributed by atoms with Crippen LogP contribution in [0.5, 0.6) is 0 Å². The molecule has 1 aliphatic rings. The molecule has 0 amide bonds. The predicted molar refractivity (Wildman–Crippen MR) is 136 cm³/mol. The number of hydrogen-bond acceptors (Lipinski definition) is 3. The van der Waals surface area contributed by atoms with Crippen molar-refractivity contribution in [2.24, 2.45) is 5.92 Å². The van der Waals surface area contributed by atoms with Gasteiger partial charge < -0.3 is 14.2 Å². The Morgan fingerprint density at radius 2 is 1.80 bits per heavy atom. The summed E-state index contributed by atoms with van der Waals surface area (Å²) in [7, 11) is 0. The number of fused-ring (bicyclic) bond motifs is 1. The van der Waals surface area contributed by atoms with Crippen LogP contribution in [0.3, 0.4) is 0 Å². The second-order valence-corrected chi connectivity index (χ2v) is 10.4. The van der Waals surface area contributed by atoms with Crippen LogP contribution >= 0.6 is 0 Å². The number of benzene rings is 2. The van der Waals surface area contributed by atoms with Gasteiger partial charge in [-0.3, -0.25) is 0 Å². The van der Waals surface area contributed by atoms with E-state index in [-0.39, 0.29) is 11.8 Å². The lowest BCUT2D eigenvalue weighted by molar-refractivity contribution is 0.0526. The van der Waals surface area contributed by atoms with E-state index in [0.29, 0.717) is 31.1 Å². The minimum absolute atomic E-state index is 0.240. The van der Waals surface area contributed by atoms with Crippen molar-refractivity contribution in [1.82, 2.24) is 9.47 Å². The molecule has 4 rings (SSSR count). The van der Waals surface area contributed by atoms with Crippen LogP contribution in [0.2, 0.25) is 0 Å². The van der Waals surface area contributed by atoms with Gasteiger partial charge in [0.1, 0.15) is 11.5 Å². The molecule has 1 saturated heterocycles. The zero-order chi connectivity index (χ0) is 25.2. The zero-order valence-electron chi connectivity index (χ0n) is 21.2. The number of nitrogens with zero attached hydrogens (tertiary/aromatic N) is 2. The number of alkyl halides is 1. The fraction of sp³-hybridized carbons (Fsp3) is 0.483. The van der Waals surface area contributed by atoms with Crippen LogP contribution in [-0.4, -0.2) is 47.3 Å². The van der Waals surface area contributed by atoms with E-state index in [4.69, 9.17) is 4.74 Å². The van der Waals surface area contributed by atoms with Crippen molar-refractivity contribution in [2.75, 3.05) is 26.2 Å². The topological polar surface area (TPSA) is 34.5 Å². The summed E-state index contributed by atoms with van der Waals surface area (Å²) < 4.78 is 35.7. The number of halogens is 2. The molecule has 6 heteroatoms. The molecular weight excluding hydrogens is 446 g/mol. The van der Waals surface area contributed by atoms with Gasteiger partial charge in [0.2, 0.25) is 0 Å². The number of rotatable bonds is 8. The van der Waals surface area contributed by atoms with Gasteiger partial charge in [-0.05, 0) is 107 Å². The highest BCUT2D eigenvalue weighted by Crippen LogP contribution is 2.31. The smallest absolute Gasteiger partial charge is 0.338 e. The Kier molecular flexibility index (Phi) is 7.60. The number of esters is 1. The highest BCUT2D eigenvalue weighted by atomic mass is 19.1. The Morgan fingerprint density at radius 3 is 2.43 bits per heavy atom. The number of likely N-dealkylation sites (tertiary alicyclic amines) is 1. The molecule has 3 aromatic rings. The van der Waals surface area contributed by atoms with Gasteiger partial charge in [0.15, 0.2) is 0 Å². The first-order valence-corrected chi connectivity index (χ1v) is 12.6. The fourth-order valence-corrected chi connectivity index (χ4v) is 5.28. The molecule has 0 N–H and O–H groups in total. The first kappa shape index (κ1) is 25.4. The van der Waals surface area contributed by atoms with Crippen molar-refractivity contribution in [1.29, 1.82) is 0 Å². The Labute approximate surface area is 206 Å². The molecule has 0 aliphatic carbocycles. The first-order chi connectivity index (χ1) is 16.6. The quantitative estimate of drug-likeness (QED) is 0.353. The van der Waals surface area contributed by atoms with Crippen molar-refractivity contribution < 1.29 is 18.3 Å². The number of piperidine rings is 1. The van der Waals surface area contributed by atoms with Gasteiger partial charge in [0, 0.05) is 29.7 Å². The SMILES string of the molecule is CCOC(=O)c1ccc(Cc2c(C)n(CC3CCN(CC(C)(C)F)CC3)c3ccc(F)cc23)cc1. The van der Waals surface area contributed by atoms with Gasteiger partial charge >= 0.3 is 5.97 Å². The molecule has 1 aliphatic heterocycles. The van der Waals surface area contributed by atoms with Gasteiger partial charge in [-0.15, -0.1) is 0 Å². The van der Waals surface area contributed by atoms with Gasteiger partial charge in [-0.2, -0.15) is 0 Å². The van der Waals surface area contributed by atoms with E-state index in [9.17, 15) is 13.6 Å². The maximum absolute atomic E-state index is 14.3. The van der Waals surface area contributed by atoms with Crippen molar-refractivity contribution >= 4 is 16.9 Å². The monoisotopic (exact) mass is 482 g/mol. The Morgan fingerprint density at radius 1 is 1.11 bits per heavy atom. The number of ether oxygens (including phenoxy) is 1. The van der Waals surface area contributed by atoms with E-state index in [0.717, 1.165) is 60.2 Å². The summed E-state index contributed by atoms with van der Waals surface area (Å²) in [5.41, 5.74) is 3.73. The van der Waals surface area contributed by atoms with Crippen LogP contribution in [0.4, 0.5) is 8.78 Å². The van der Waals surface area contributed by atoms with Gasteiger partial charge in [-0.25, -0.2) is 13.6 Å². The highest BCUT2D eigenvalue weighted by molar-refractivity contribution is 5.89. The van der Waals surface area contributed by atoms with E-state index in [1.807, 2.05) is 18.2 Å². The number of carbonyl (C=O) groups is 1. The molecule has 188 valence electrons. The lowest BCUT2D eigenvalue weighted by Gasteiger charge is -2.34. The third kappa shape index (κ3) is 6.10. The first-order valence-electron chi connectivity index (χ1n) is 12.6. The summed E-state index contributed by atoms with van der Waals surface area (Å²) >= 11 is 0. The Bertz CT molecular complexity index is 1170. The standard InChI is InChI=1S/C29H36F2N2O2/c1-5-35-28(34)23-8-6-21(7-9-23)16-25-20(2)33(27-11-10-24(30)17-26(25)27)18-22-12-14-32(15-13-22)19-29(3,4)31/h6-11,17,22H,5,12-16,18-19H2,1-4H3. The molecule has 0 unspecified atom stereocenters. The minimum Gasteiger partial charge on any atom is -0.462 e. The summed E-state index contributed by atoms with van der Waals surface area (Å²) in [6.45, 7) is 10.7. The van der Waals surface area contributed by atoms with E-state index in [1.54, 1.807) is 39.0 Å². The summed E-state index contributed by atoms with van der Waals surface area (Å²) in [5, 5.41) is 0.939. The van der Waals surface area contributed by atoms with E-state index in [1.165, 1.54) is 6.07 Å². The number of hydrogen-bond donors (Lipinski definition) is 0. The highest BCUT2D eigenvalue weighted by Gasteiger charge is 2.26. The summed E-state index contributed by atoms with van der Waals surface area (Å²) in [6, 6.07) is 12.5. The maximum atomic E-state index is 14.3. The molecular formula is C29H36F2N2O2. The van der Waals surface area contributed by atoms with E-state index < -0.39 is 5.67 Å². The third-order valence-electron chi connectivity index (χ3n) is 7.01. The van der Waals surface area contributed by atoms with Crippen LogP contribution in [0.1, 0.15) is 60.8 Å². The molecule has 0 bridgehead atoms. The van der Waals surface area contributed by atoms with Crippen LogP contribution in [-0.2, 0) is 17.7 Å². The molecule has 2 aromatic carbocycles. The third-order valence-corrected chi connectivity index (χ3v) is 7.01. The molecule has 4 nitrogen and oxygen atoms in total. The average Bonchev–Trinajstić information content (AvgIpc) is 3.05. The Hall–Kier alpha value is -2.73. The van der Waals surface area contributed by atoms with Gasteiger partial charge in [0.05, 0.1) is 12.2 Å². The number of aromatic nitrogens is 1. The second-order valence-electron chi connectivity index (χ2n) is 10.4. The van der Waals surface area contributed by atoms with Crippen molar-refractivity contribution in [3.05, 3.63) is 70.7 Å².